The Bertz CT molecular complexity index is 884. The van der Waals surface area contributed by atoms with Gasteiger partial charge in [-0.2, -0.15) is 5.26 Å². The maximum absolute atomic E-state index is 11.9. The van der Waals surface area contributed by atoms with Gasteiger partial charge < -0.3 is 4.42 Å². The van der Waals surface area contributed by atoms with Crippen molar-refractivity contribution in [1.29, 1.82) is 5.26 Å². The number of hydrogen-bond acceptors (Lipinski definition) is 4. The minimum Gasteiger partial charge on any atom is -0.406 e. The summed E-state index contributed by atoms with van der Waals surface area (Å²) in [6, 6.07) is 10.9. The molecule has 1 aromatic carbocycles. The summed E-state index contributed by atoms with van der Waals surface area (Å²) in [6.07, 6.45) is 1.62. The topological polar surface area (TPSA) is 71.8 Å². The van der Waals surface area contributed by atoms with E-state index in [1.165, 1.54) is 4.57 Å². The maximum atomic E-state index is 11.9. The largest absolute Gasteiger partial charge is 0.421 e. The minimum absolute atomic E-state index is 0.375. The highest BCUT2D eigenvalue weighted by atomic mass is 16.4. The number of rotatable bonds is 2. The maximum Gasteiger partial charge on any atom is 0.421 e. The first-order valence-corrected chi connectivity index (χ1v) is 6.13. The lowest BCUT2D eigenvalue weighted by atomic mass is 10.1. The van der Waals surface area contributed by atoms with E-state index < -0.39 is 5.76 Å². The second kappa shape index (κ2) is 4.67. The molecule has 0 unspecified atom stereocenters. The van der Waals surface area contributed by atoms with Crippen LogP contribution in [-0.2, 0) is 6.54 Å². The zero-order valence-corrected chi connectivity index (χ0v) is 10.8. The van der Waals surface area contributed by atoms with Gasteiger partial charge in [0.2, 0.25) is 0 Å². The average Bonchev–Trinajstić information content (AvgIpc) is 2.77. The molecule has 0 amide bonds. The molecule has 0 radical (unpaired) electrons. The molecule has 0 N–H and O–H groups in total. The fourth-order valence-corrected chi connectivity index (χ4v) is 2.15. The fourth-order valence-electron chi connectivity index (χ4n) is 2.15. The number of nitrogens with zero attached hydrogens (tertiary/aromatic N) is 3. The van der Waals surface area contributed by atoms with Crippen LogP contribution in [0.5, 0.6) is 0 Å². The number of benzene rings is 1. The molecule has 0 spiro atoms. The van der Waals surface area contributed by atoms with E-state index in [0.717, 1.165) is 11.1 Å². The highest BCUT2D eigenvalue weighted by Gasteiger charge is 2.11. The molecule has 98 valence electrons. The average molecular weight is 265 g/mol. The molecule has 0 fully saturated rings. The molecule has 0 saturated heterocycles. The fraction of sp³-hybridized carbons (Fsp3) is 0.133. The molecule has 0 aliphatic rings. The molecule has 0 aliphatic heterocycles. The smallest absolute Gasteiger partial charge is 0.406 e. The lowest BCUT2D eigenvalue weighted by Crippen LogP contribution is -2.16. The van der Waals surface area contributed by atoms with Crippen molar-refractivity contribution in [3.8, 4) is 6.07 Å². The highest BCUT2D eigenvalue weighted by molar-refractivity contribution is 5.67. The summed E-state index contributed by atoms with van der Waals surface area (Å²) < 4.78 is 6.64. The first kappa shape index (κ1) is 12.2. The summed E-state index contributed by atoms with van der Waals surface area (Å²) in [6.45, 7) is 2.29. The third-order valence-corrected chi connectivity index (χ3v) is 3.22. The molecule has 5 heteroatoms. The van der Waals surface area contributed by atoms with Gasteiger partial charge in [-0.05, 0) is 42.3 Å². The van der Waals surface area contributed by atoms with Crippen molar-refractivity contribution >= 4 is 11.2 Å². The van der Waals surface area contributed by atoms with Crippen molar-refractivity contribution in [1.82, 2.24) is 9.55 Å². The number of hydrogen-bond donors (Lipinski definition) is 0. The van der Waals surface area contributed by atoms with Gasteiger partial charge >= 0.3 is 5.76 Å². The van der Waals surface area contributed by atoms with Crippen molar-refractivity contribution in [3.05, 3.63) is 63.8 Å². The van der Waals surface area contributed by atoms with Gasteiger partial charge in [-0.15, -0.1) is 0 Å². The summed E-state index contributed by atoms with van der Waals surface area (Å²) in [5, 5.41) is 8.86. The van der Waals surface area contributed by atoms with Gasteiger partial charge in [0.25, 0.3) is 0 Å². The van der Waals surface area contributed by atoms with Gasteiger partial charge in [0, 0.05) is 6.20 Å². The van der Waals surface area contributed by atoms with Crippen LogP contribution in [-0.4, -0.2) is 9.55 Å². The third kappa shape index (κ3) is 1.97. The number of aromatic nitrogens is 2. The number of pyridine rings is 1. The van der Waals surface area contributed by atoms with Gasteiger partial charge in [-0.1, -0.05) is 6.07 Å². The standard InChI is InChI=1S/C15H11N3O2/c1-10-7-11(8-16)4-5-12(10)9-18-14-13(20-15(18)19)3-2-6-17-14/h2-7H,9H2,1H3. The van der Waals surface area contributed by atoms with E-state index in [4.69, 9.17) is 9.68 Å². The summed E-state index contributed by atoms with van der Waals surface area (Å²) in [5.41, 5.74) is 3.53. The second-order valence-electron chi connectivity index (χ2n) is 4.53. The lowest BCUT2D eigenvalue weighted by Gasteiger charge is -2.06. The van der Waals surface area contributed by atoms with Gasteiger partial charge in [-0.3, -0.25) is 4.57 Å². The Kier molecular flexibility index (Phi) is 2.84. The molecule has 0 bridgehead atoms. The number of nitriles is 1. The molecule has 0 saturated carbocycles. The van der Waals surface area contributed by atoms with Crippen molar-refractivity contribution < 1.29 is 4.42 Å². The number of fused-ring (bicyclic) bond motifs is 1. The van der Waals surface area contributed by atoms with Crippen LogP contribution in [0, 0.1) is 18.3 Å². The summed E-state index contributed by atoms with van der Waals surface area (Å²) in [7, 11) is 0. The summed E-state index contributed by atoms with van der Waals surface area (Å²) >= 11 is 0. The first-order valence-electron chi connectivity index (χ1n) is 6.13. The van der Waals surface area contributed by atoms with Crippen LogP contribution in [0.3, 0.4) is 0 Å². The Balaban J connectivity index is 2.08. The predicted molar refractivity (Wildman–Crippen MR) is 73.3 cm³/mol. The zero-order chi connectivity index (χ0) is 14.1. The molecule has 0 aliphatic carbocycles. The van der Waals surface area contributed by atoms with E-state index in [2.05, 4.69) is 11.1 Å². The molecular formula is C15H11N3O2. The monoisotopic (exact) mass is 265 g/mol. The molecular weight excluding hydrogens is 254 g/mol. The van der Waals surface area contributed by atoms with Crippen LogP contribution < -0.4 is 5.76 Å². The predicted octanol–water partition coefficient (Wildman–Crippen LogP) is 2.22. The van der Waals surface area contributed by atoms with E-state index in [9.17, 15) is 4.79 Å². The van der Waals surface area contributed by atoms with Crippen molar-refractivity contribution in [3.63, 3.8) is 0 Å². The van der Waals surface area contributed by atoms with Crippen molar-refractivity contribution in [2.45, 2.75) is 13.5 Å². The van der Waals surface area contributed by atoms with E-state index in [1.54, 1.807) is 30.5 Å². The SMILES string of the molecule is Cc1cc(C#N)ccc1Cn1c(=O)oc2cccnc21. The van der Waals surface area contributed by atoms with Crippen LogP contribution in [0.1, 0.15) is 16.7 Å². The van der Waals surface area contributed by atoms with Gasteiger partial charge in [-0.25, -0.2) is 9.78 Å². The Morgan fingerprint density at radius 2 is 2.25 bits per heavy atom. The molecule has 5 nitrogen and oxygen atoms in total. The third-order valence-electron chi connectivity index (χ3n) is 3.22. The first-order chi connectivity index (χ1) is 9.69. The van der Waals surface area contributed by atoms with E-state index in [-0.39, 0.29) is 0 Å². The van der Waals surface area contributed by atoms with Gasteiger partial charge in [0.15, 0.2) is 11.2 Å². The van der Waals surface area contributed by atoms with Gasteiger partial charge in [0.05, 0.1) is 18.2 Å². The number of aryl methyl sites for hydroxylation is 1. The van der Waals surface area contributed by atoms with Crippen LogP contribution in [0.2, 0.25) is 0 Å². The quantitative estimate of drug-likeness (QED) is 0.712. The van der Waals surface area contributed by atoms with Gasteiger partial charge in [0.1, 0.15) is 0 Å². The van der Waals surface area contributed by atoms with E-state index in [0.29, 0.717) is 23.3 Å². The molecule has 20 heavy (non-hydrogen) atoms. The zero-order valence-electron chi connectivity index (χ0n) is 10.8. The minimum atomic E-state index is -0.428. The molecule has 2 heterocycles. The van der Waals surface area contributed by atoms with Crippen LogP contribution in [0.4, 0.5) is 0 Å². The Morgan fingerprint density at radius 3 is 3.00 bits per heavy atom. The van der Waals surface area contributed by atoms with Crippen LogP contribution >= 0.6 is 0 Å². The summed E-state index contributed by atoms with van der Waals surface area (Å²) in [4.78, 5) is 16.1. The highest BCUT2D eigenvalue weighted by Crippen LogP contribution is 2.15. The summed E-state index contributed by atoms with van der Waals surface area (Å²) in [5.74, 6) is -0.428. The Labute approximate surface area is 114 Å². The Hall–Kier alpha value is -2.87. The lowest BCUT2D eigenvalue weighted by molar-refractivity contribution is 0.517. The van der Waals surface area contributed by atoms with E-state index in [1.807, 2.05) is 13.0 Å². The second-order valence-corrected chi connectivity index (χ2v) is 4.53. The molecule has 3 rings (SSSR count). The van der Waals surface area contributed by atoms with Crippen LogP contribution in [0.15, 0.2) is 45.7 Å². The van der Waals surface area contributed by atoms with Crippen molar-refractivity contribution in [2.75, 3.05) is 0 Å². The molecule has 3 aromatic rings. The van der Waals surface area contributed by atoms with Crippen LogP contribution in [0.25, 0.3) is 11.2 Å². The van der Waals surface area contributed by atoms with E-state index >= 15 is 0 Å². The molecule has 0 atom stereocenters. The number of oxazole rings is 1. The molecule has 2 aromatic heterocycles. The normalized spacial score (nSPS) is 10.6. The van der Waals surface area contributed by atoms with Crippen molar-refractivity contribution in [2.24, 2.45) is 0 Å². The Morgan fingerprint density at radius 1 is 1.40 bits per heavy atom.